The van der Waals surface area contributed by atoms with Gasteiger partial charge in [0.15, 0.2) is 0 Å². The van der Waals surface area contributed by atoms with E-state index < -0.39 is 0 Å². The maximum Gasteiger partial charge on any atom is 0.306 e. The minimum atomic E-state index is -0.126. The molecule has 1 fully saturated rings. The van der Waals surface area contributed by atoms with Crippen LogP contribution in [0.4, 0.5) is 0 Å². The van der Waals surface area contributed by atoms with Crippen molar-refractivity contribution in [3.8, 4) is 0 Å². The molecule has 2 unspecified atom stereocenters. The molecule has 0 heterocycles. The molecule has 1 aliphatic carbocycles. The summed E-state index contributed by atoms with van der Waals surface area (Å²) < 4.78 is 4.56. The molecule has 1 saturated carbocycles. The van der Waals surface area contributed by atoms with E-state index in [9.17, 15) is 4.79 Å². The summed E-state index contributed by atoms with van der Waals surface area (Å²) >= 11 is 0. The summed E-state index contributed by atoms with van der Waals surface area (Å²) in [4.78, 5) is 10.8. The van der Waals surface area contributed by atoms with Gasteiger partial charge in [0.1, 0.15) is 0 Å². The lowest BCUT2D eigenvalue weighted by Crippen LogP contribution is -2.28. The van der Waals surface area contributed by atoms with E-state index in [2.05, 4.69) is 17.0 Å². The first kappa shape index (κ1) is 10.5. The second kappa shape index (κ2) is 5.22. The van der Waals surface area contributed by atoms with Gasteiger partial charge in [0, 0.05) is 12.6 Å². The van der Waals surface area contributed by atoms with E-state index >= 15 is 0 Å². The number of hydrogen-bond donors (Lipinski definition) is 1. The Kier molecular flexibility index (Phi) is 4.22. The quantitative estimate of drug-likeness (QED) is 0.671. The van der Waals surface area contributed by atoms with Crippen molar-refractivity contribution >= 4 is 5.97 Å². The fraction of sp³-hybridized carbons (Fsp3) is 0.900. The van der Waals surface area contributed by atoms with E-state index in [0.717, 1.165) is 12.5 Å². The second-order valence-electron chi connectivity index (χ2n) is 3.90. The lowest BCUT2D eigenvalue weighted by Gasteiger charge is -2.10. The molecule has 3 heteroatoms. The Labute approximate surface area is 79.8 Å². The third-order valence-electron chi connectivity index (χ3n) is 2.68. The summed E-state index contributed by atoms with van der Waals surface area (Å²) in [5.41, 5.74) is 0. The van der Waals surface area contributed by atoms with Crippen molar-refractivity contribution < 1.29 is 9.53 Å². The van der Waals surface area contributed by atoms with Crippen molar-refractivity contribution in [3.63, 3.8) is 0 Å². The number of carbonyl (C=O) groups excluding carboxylic acids is 1. The third-order valence-corrected chi connectivity index (χ3v) is 2.68. The molecule has 13 heavy (non-hydrogen) atoms. The number of nitrogens with one attached hydrogen (secondary N) is 1. The van der Waals surface area contributed by atoms with Gasteiger partial charge < -0.3 is 10.1 Å². The number of esters is 1. The minimum Gasteiger partial charge on any atom is -0.469 e. The maximum atomic E-state index is 10.8. The predicted octanol–water partition coefficient (Wildman–Crippen LogP) is 1.33. The van der Waals surface area contributed by atoms with Crippen LogP contribution in [0.2, 0.25) is 0 Å². The first-order chi connectivity index (χ1) is 6.22. The molecule has 0 bridgehead atoms. The number of carbonyl (C=O) groups is 1. The van der Waals surface area contributed by atoms with Crippen molar-refractivity contribution in [2.24, 2.45) is 5.92 Å². The Bertz CT molecular complexity index is 170. The smallest absolute Gasteiger partial charge is 0.306 e. The average molecular weight is 185 g/mol. The van der Waals surface area contributed by atoms with Gasteiger partial charge in [-0.1, -0.05) is 6.92 Å². The predicted molar refractivity (Wildman–Crippen MR) is 51.4 cm³/mol. The van der Waals surface area contributed by atoms with Crippen LogP contribution in [0.3, 0.4) is 0 Å². The van der Waals surface area contributed by atoms with Gasteiger partial charge in [-0.2, -0.15) is 0 Å². The molecule has 0 aromatic heterocycles. The maximum absolute atomic E-state index is 10.8. The molecular weight excluding hydrogens is 166 g/mol. The lowest BCUT2D eigenvalue weighted by atomic mass is 10.1. The summed E-state index contributed by atoms with van der Waals surface area (Å²) in [7, 11) is 1.43. The summed E-state index contributed by atoms with van der Waals surface area (Å²) in [6.07, 6.45) is 4.31. The fourth-order valence-electron chi connectivity index (χ4n) is 1.87. The molecular formula is C10H19NO2. The van der Waals surface area contributed by atoms with Gasteiger partial charge in [-0.3, -0.25) is 4.79 Å². The molecule has 0 amide bonds. The van der Waals surface area contributed by atoms with Crippen molar-refractivity contribution in [1.29, 1.82) is 0 Å². The van der Waals surface area contributed by atoms with Crippen LogP contribution in [0, 0.1) is 5.92 Å². The summed E-state index contributed by atoms with van der Waals surface area (Å²) in [5, 5.41) is 3.38. The Morgan fingerprint density at radius 2 is 2.31 bits per heavy atom. The van der Waals surface area contributed by atoms with Crippen LogP contribution in [-0.4, -0.2) is 25.7 Å². The van der Waals surface area contributed by atoms with Crippen LogP contribution in [-0.2, 0) is 9.53 Å². The van der Waals surface area contributed by atoms with Crippen LogP contribution < -0.4 is 5.32 Å². The minimum absolute atomic E-state index is 0.126. The van der Waals surface area contributed by atoms with Gasteiger partial charge in [0.2, 0.25) is 0 Å². The standard InChI is InChI=1S/C10H19NO2/c1-8-3-4-9(7-8)11-6-5-10(12)13-2/h8-9,11H,3-7H2,1-2H3. The van der Waals surface area contributed by atoms with Crippen molar-refractivity contribution in [1.82, 2.24) is 5.32 Å². The van der Waals surface area contributed by atoms with Crippen molar-refractivity contribution in [3.05, 3.63) is 0 Å². The van der Waals surface area contributed by atoms with Gasteiger partial charge in [-0.05, 0) is 25.2 Å². The summed E-state index contributed by atoms with van der Waals surface area (Å²) in [6, 6.07) is 0.625. The monoisotopic (exact) mass is 185 g/mol. The molecule has 0 aromatic carbocycles. The first-order valence-corrected chi connectivity index (χ1v) is 5.02. The van der Waals surface area contributed by atoms with Crippen LogP contribution in [0.5, 0.6) is 0 Å². The third kappa shape index (κ3) is 3.77. The van der Waals surface area contributed by atoms with E-state index in [-0.39, 0.29) is 5.97 Å². The molecule has 0 aliphatic heterocycles. The van der Waals surface area contributed by atoms with Gasteiger partial charge in [-0.25, -0.2) is 0 Å². The molecule has 0 spiro atoms. The molecule has 1 aliphatic rings. The van der Waals surface area contributed by atoms with Crippen LogP contribution in [0.25, 0.3) is 0 Å². The van der Waals surface area contributed by atoms with E-state index in [1.165, 1.54) is 26.4 Å². The summed E-state index contributed by atoms with van der Waals surface area (Å²) in [5.74, 6) is 0.717. The van der Waals surface area contributed by atoms with Gasteiger partial charge in [0.25, 0.3) is 0 Å². The highest BCUT2D eigenvalue weighted by molar-refractivity contribution is 5.69. The van der Waals surface area contributed by atoms with E-state index in [1.807, 2.05) is 0 Å². The summed E-state index contributed by atoms with van der Waals surface area (Å²) in [6.45, 7) is 3.03. The molecule has 0 aromatic rings. The SMILES string of the molecule is COC(=O)CCNC1CCC(C)C1. The zero-order valence-electron chi connectivity index (χ0n) is 8.51. The molecule has 3 nitrogen and oxygen atoms in total. The van der Waals surface area contributed by atoms with Crippen molar-refractivity contribution in [2.75, 3.05) is 13.7 Å². The number of rotatable bonds is 4. The van der Waals surface area contributed by atoms with E-state index in [4.69, 9.17) is 0 Å². The zero-order chi connectivity index (χ0) is 9.68. The highest BCUT2D eigenvalue weighted by atomic mass is 16.5. The second-order valence-corrected chi connectivity index (χ2v) is 3.90. The zero-order valence-corrected chi connectivity index (χ0v) is 8.51. The molecule has 0 radical (unpaired) electrons. The topological polar surface area (TPSA) is 38.3 Å². The normalized spacial score (nSPS) is 27.5. The largest absolute Gasteiger partial charge is 0.469 e. The Hall–Kier alpha value is -0.570. The Morgan fingerprint density at radius 1 is 1.54 bits per heavy atom. The van der Waals surface area contributed by atoms with Gasteiger partial charge >= 0.3 is 5.97 Å². The van der Waals surface area contributed by atoms with Gasteiger partial charge in [-0.15, -0.1) is 0 Å². The molecule has 76 valence electrons. The number of ether oxygens (including phenoxy) is 1. The number of methoxy groups -OCH3 is 1. The highest BCUT2D eigenvalue weighted by Gasteiger charge is 2.20. The first-order valence-electron chi connectivity index (χ1n) is 5.02. The Balaban J connectivity index is 2.03. The molecule has 2 atom stereocenters. The fourth-order valence-corrected chi connectivity index (χ4v) is 1.87. The van der Waals surface area contributed by atoms with E-state index in [1.54, 1.807) is 0 Å². The van der Waals surface area contributed by atoms with Crippen LogP contribution >= 0.6 is 0 Å². The van der Waals surface area contributed by atoms with Crippen LogP contribution in [0.1, 0.15) is 32.6 Å². The molecule has 1 N–H and O–H groups in total. The Morgan fingerprint density at radius 3 is 2.85 bits per heavy atom. The number of hydrogen-bond acceptors (Lipinski definition) is 3. The average Bonchev–Trinajstić information content (AvgIpc) is 2.51. The molecule has 0 saturated heterocycles. The van der Waals surface area contributed by atoms with Gasteiger partial charge in [0.05, 0.1) is 13.5 Å². The van der Waals surface area contributed by atoms with Crippen molar-refractivity contribution in [2.45, 2.75) is 38.6 Å². The van der Waals surface area contributed by atoms with Crippen LogP contribution in [0.15, 0.2) is 0 Å². The highest BCUT2D eigenvalue weighted by Crippen LogP contribution is 2.24. The lowest BCUT2D eigenvalue weighted by molar-refractivity contribution is -0.140. The molecule has 1 rings (SSSR count). The van der Waals surface area contributed by atoms with E-state index in [0.29, 0.717) is 12.5 Å².